The highest BCUT2D eigenvalue weighted by atomic mass is 32.2. The predicted octanol–water partition coefficient (Wildman–Crippen LogP) is 3.23. The van der Waals surface area contributed by atoms with Crippen molar-refractivity contribution in [2.45, 2.75) is 44.4 Å². The van der Waals surface area contributed by atoms with Gasteiger partial charge >= 0.3 is 0 Å². The van der Waals surface area contributed by atoms with Gasteiger partial charge in [0.25, 0.3) is 15.9 Å². The Morgan fingerprint density at radius 3 is 2.44 bits per heavy atom. The zero-order chi connectivity index (χ0) is 20.0. The van der Waals surface area contributed by atoms with E-state index < -0.39 is 15.9 Å². The molecule has 0 aliphatic carbocycles. The third-order valence-electron chi connectivity index (χ3n) is 3.87. The smallest absolute Gasteiger partial charge is 0.273 e. The summed E-state index contributed by atoms with van der Waals surface area (Å²) in [6.07, 6.45) is 0.755. The third kappa shape index (κ3) is 6.48. The first-order valence-corrected chi connectivity index (χ1v) is 11.0. The summed E-state index contributed by atoms with van der Waals surface area (Å²) < 4.78 is 26.6. The molecule has 0 saturated carbocycles. The molecule has 2 rings (SSSR count). The predicted molar refractivity (Wildman–Crippen MR) is 106 cm³/mol. The van der Waals surface area contributed by atoms with Crippen LogP contribution in [0, 0.1) is 12.8 Å². The van der Waals surface area contributed by atoms with Crippen LogP contribution in [0.15, 0.2) is 39.9 Å². The van der Waals surface area contributed by atoms with Crippen LogP contribution in [0.5, 0.6) is 0 Å². The van der Waals surface area contributed by atoms with Crippen LogP contribution in [0.4, 0.5) is 0 Å². The number of aryl methyl sites for hydroxylation is 1. The molecule has 1 aromatic heterocycles. The molecule has 2 aromatic rings. The molecule has 1 aromatic carbocycles. The lowest BCUT2D eigenvalue weighted by Gasteiger charge is -2.06. The van der Waals surface area contributed by atoms with E-state index in [0.717, 1.165) is 22.5 Å². The zero-order valence-electron chi connectivity index (χ0n) is 15.6. The number of hydrogen-bond acceptors (Lipinski definition) is 5. The fourth-order valence-corrected chi connectivity index (χ4v) is 4.41. The number of carbonyl (C=O) groups is 2. The molecular formula is C19H24N2O4S2. The minimum Gasteiger partial charge on any atom is -0.348 e. The molecule has 0 unspecified atom stereocenters. The maximum absolute atomic E-state index is 12.3. The first kappa shape index (κ1) is 21.1. The first-order valence-electron chi connectivity index (χ1n) is 8.65. The highest BCUT2D eigenvalue weighted by molar-refractivity contribution is 7.92. The van der Waals surface area contributed by atoms with Gasteiger partial charge in [0.05, 0.1) is 5.56 Å². The van der Waals surface area contributed by atoms with Gasteiger partial charge in [0.1, 0.15) is 4.21 Å². The van der Waals surface area contributed by atoms with Crippen LogP contribution in [0.25, 0.3) is 0 Å². The lowest BCUT2D eigenvalue weighted by Crippen LogP contribution is -2.30. The van der Waals surface area contributed by atoms with Gasteiger partial charge in [-0.2, -0.15) is 0 Å². The van der Waals surface area contributed by atoms with Crippen LogP contribution in [0.2, 0.25) is 0 Å². The van der Waals surface area contributed by atoms with Crippen molar-refractivity contribution in [3.8, 4) is 0 Å². The summed E-state index contributed by atoms with van der Waals surface area (Å²) in [4.78, 5) is 24.0. The molecule has 0 spiro atoms. The van der Waals surface area contributed by atoms with E-state index in [1.807, 2.05) is 45.0 Å². The van der Waals surface area contributed by atoms with E-state index in [9.17, 15) is 18.0 Å². The second kappa shape index (κ2) is 9.14. The summed E-state index contributed by atoms with van der Waals surface area (Å²) in [6.45, 7) is 6.26. The Balaban J connectivity index is 1.96. The van der Waals surface area contributed by atoms with Crippen molar-refractivity contribution in [1.82, 2.24) is 10.0 Å². The second-order valence-electron chi connectivity index (χ2n) is 6.78. The molecule has 0 radical (unpaired) electrons. The van der Waals surface area contributed by atoms with Crippen molar-refractivity contribution in [2.75, 3.05) is 0 Å². The third-order valence-corrected chi connectivity index (χ3v) is 6.69. The van der Waals surface area contributed by atoms with Crippen LogP contribution in [0.3, 0.4) is 0 Å². The molecule has 2 N–H and O–H groups in total. The Bertz CT molecular complexity index is 900. The molecular weight excluding hydrogens is 384 g/mol. The molecule has 146 valence electrons. The van der Waals surface area contributed by atoms with Gasteiger partial charge < -0.3 is 5.32 Å². The topological polar surface area (TPSA) is 92.3 Å². The van der Waals surface area contributed by atoms with Crippen molar-refractivity contribution in [2.24, 2.45) is 5.92 Å². The van der Waals surface area contributed by atoms with Gasteiger partial charge in [0, 0.05) is 18.3 Å². The van der Waals surface area contributed by atoms with Crippen molar-refractivity contribution >= 4 is 33.2 Å². The van der Waals surface area contributed by atoms with Gasteiger partial charge in [-0.05, 0) is 30.9 Å². The molecule has 8 heteroatoms. The maximum atomic E-state index is 12.3. The van der Waals surface area contributed by atoms with Crippen LogP contribution >= 0.6 is 11.3 Å². The molecule has 1 heterocycles. The quantitative estimate of drug-likeness (QED) is 0.701. The lowest BCUT2D eigenvalue weighted by molar-refractivity contribution is -0.119. The maximum Gasteiger partial charge on any atom is 0.273 e. The minimum absolute atomic E-state index is 0.0547. The summed E-state index contributed by atoms with van der Waals surface area (Å²) in [5.41, 5.74) is 2.34. The van der Waals surface area contributed by atoms with Gasteiger partial charge in [0.15, 0.2) is 0 Å². The number of rotatable bonds is 8. The highest BCUT2D eigenvalue weighted by Gasteiger charge is 2.21. The Kier molecular flexibility index (Phi) is 7.15. The molecule has 0 bridgehead atoms. The number of carbonyl (C=O) groups excluding carboxylic acids is 2. The Labute approximate surface area is 164 Å². The average molecular weight is 409 g/mol. The molecule has 6 nitrogen and oxygen atoms in total. The van der Waals surface area contributed by atoms with Gasteiger partial charge in [-0.25, -0.2) is 13.1 Å². The number of benzene rings is 1. The van der Waals surface area contributed by atoms with E-state index in [1.165, 1.54) is 11.4 Å². The monoisotopic (exact) mass is 408 g/mol. The average Bonchev–Trinajstić information content (AvgIpc) is 3.10. The molecule has 0 saturated heterocycles. The Morgan fingerprint density at radius 2 is 1.81 bits per heavy atom. The molecule has 0 aliphatic rings. The van der Waals surface area contributed by atoms with E-state index in [1.54, 1.807) is 0 Å². The molecule has 0 fully saturated rings. The van der Waals surface area contributed by atoms with Crippen LogP contribution in [0.1, 0.15) is 48.2 Å². The van der Waals surface area contributed by atoms with Crippen molar-refractivity contribution in [1.29, 1.82) is 0 Å². The van der Waals surface area contributed by atoms with Crippen molar-refractivity contribution < 1.29 is 18.0 Å². The summed E-state index contributed by atoms with van der Waals surface area (Å²) in [5, 5.41) is 4.23. The van der Waals surface area contributed by atoms with Crippen LogP contribution < -0.4 is 10.0 Å². The SMILES string of the molecule is Cc1ccc(CNC(=O)c2csc(S(=O)(=O)NC(=O)CCC(C)C)c2)cc1. The van der Waals surface area contributed by atoms with E-state index >= 15 is 0 Å². The first-order chi connectivity index (χ1) is 12.7. The Hall–Kier alpha value is -2.19. The fraction of sp³-hybridized carbons (Fsp3) is 0.368. The van der Waals surface area contributed by atoms with Gasteiger partial charge in [-0.1, -0.05) is 43.7 Å². The molecule has 0 atom stereocenters. The number of nitrogens with one attached hydrogen (secondary N) is 2. The fourth-order valence-electron chi connectivity index (χ4n) is 2.24. The van der Waals surface area contributed by atoms with E-state index in [-0.39, 0.29) is 22.1 Å². The van der Waals surface area contributed by atoms with E-state index in [4.69, 9.17) is 0 Å². The summed E-state index contributed by atoms with van der Waals surface area (Å²) in [7, 11) is -3.95. The van der Waals surface area contributed by atoms with Crippen LogP contribution in [-0.2, 0) is 21.4 Å². The normalized spacial score (nSPS) is 11.4. The molecule has 0 aliphatic heterocycles. The second-order valence-corrected chi connectivity index (χ2v) is 9.60. The van der Waals surface area contributed by atoms with E-state index in [0.29, 0.717) is 18.9 Å². The minimum atomic E-state index is -3.95. The van der Waals surface area contributed by atoms with Crippen LogP contribution in [-0.4, -0.2) is 20.2 Å². The number of amides is 2. The van der Waals surface area contributed by atoms with Crippen molar-refractivity contribution in [3.63, 3.8) is 0 Å². The number of sulfonamides is 1. The summed E-state index contributed by atoms with van der Waals surface area (Å²) in [5.74, 6) is -0.592. The van der Waals surface area contributed by atoms with E-state index in [2.05, 4.69) is 10.0 Å². The molecule has 2 amide bonds. The van der Waals surface area contributed by atoms with Gasteiger partial charge in [-0.3, -0.25) is 9.59 Å². The van der Waals surface area contributed by atoms with Crippen molar-refractivity contribution in [3.05, 3.63) is 52.4 Å². The van der Waals surface area contributed by atoms with Gasteiger partial charge in [-0.15, -0.1) is 11.3 Å². The lowest BCUT2D eigenvalue weighted by atomic mass is 10.1. The molecule has 27 heavy (non-hydrogen) atoms. The largest absolute Gasteiger partial charge is 0.348 e. The number of thiophene rings is 1. The standard InChI is InChI=1S/C19H24N2O4S2/c1-13(2)4-9-17(22)21-27(24,25)18-10-16(12-26-18)19(23)20-11-15-7-5-14(3)6-8-15/h5-8,10,12-13H,4,9,11H2,1-3H3,(H,20,23)(H,21,22). The summed E-state index contributed by atoms with van der Waals surface area (Å²) >= 11 is 0.911. The highest BCUT2D eigenvalue weighted by Crippen LogP contribution is 2.20. The summed E-state index contributed by atoms with van der Waals surface area (Å²) in [6, 6.07) is 9.04. The zero-order valence-corrected chi connectivity index (χ0v) is 17.2. The Morgan fingerprint density at radius 1 is 1.15 bits per heavy atom. The number of hydrogen-bond donors (Lipinski definition) is 2. The van der Waals surface area contributed by atoms with Gasteiger partial charge in [0.2, 0.25) is 5.91 Å².